The standard InChI is InChI=1S/2C4H10.8C3H8.18C2H6/c2*1-3-4-2;8*1-3-2;18*1-2/h2*3-4H2,1-2H3;8*3H2,1-2H3;18*1-2H3. The molecular weight excluding hydrogens is 817 g/mol. The largest absolute Gasteiger partial charge is 0.0683 e. The van der Waals surface area contributed by atoms with Crippen LogP contribution in [0.5, 0.6) is 0 Å². The zero-order valence-corrected chi connectivity index (χ0v) is 64.5. The Labute approximate surface area is 462 Å². The summed E-state index contributed by atoms with van der Waals surface area (Å²) in [4.78, 5) is 0. The van der Waals surface area contributed by atoms with Crippen LogP contribution in [0.4, 0.5) is 0 Å². The smallest absolute Gasteiger partial charge is 0.0564 e. The summed E-state index contributed by atoms with van der Waals surface area (Å²) < 4.78 is 0. The summed E-state index contributed by atoms with van der Waals surface area (Å²) in [5.74, 6) is 0. The van der Waals surface area contributed by atoms with Crippen molar-refractivity contribution in [2.45, 2.75) is 465 Å². The molecule has 0 fully saturated rings. The highest BCUT2D eigenvalue weighted by atomic mass is 13.6. The van der Waals surface area contributed by atoms with Crippen LogP contribution in [-0.2, 0) is 0 Å². The van der Waals surface area contributed by atoms with Gasteiger partial charge in [-0.25, -0.2) is 0 Å². The lowest BCUT2D eigenvalue weighted by Crippen LogP contribution is -1.47. The Morgan fingerprint density at radius 3 is 0.103 bits per heavy atom. The third-order valence-corrected chi connectivity index (χ3v) is 1.000. The summed E-state index contributed by atoms with van der Waals surface area (Å²) in [5.41, 5.74) is 0. The predicted molar refractivity (Wildman–Crippen MR) is 373 cm³/mol. The summed E-state index contributed by atoms with van der Waals surface area (Å²) in [6, 6.07) is 0. The van der Waals surface area contributed by atoms with Crippen LogP contribution in [0.2, 0.25) is 0 Å². The maximum Gasteiger partial charge on any atom is -0.0564 e. The fourth-order valence-electron chi connectivity index (χ4n) is 0. The van der Waals surface area contributed by atoms with Gasteiger partial charge >= 0.3 is 0 Å². The van der Waals surface area contributed by atoms with Crippen LogP contribution < -0.4 is 0 Å². The first-order valence-electron chi connectivity index (χ1n) is 33.1. The van der Waals surface area contributed by atoms with E-state index in [0.717, 1.165) is 0 Å². The van der Waals surface area contributed by atoms with E-state index in [2.05, 4.69) is 138 Å². The third kappa shape index (κ3) is 69700. The molecule has 0 aromatic rings. The molecule has 0 amide bonds. The van der Waals surface area contributed by atoms with Crippen molar-refractivity contribution in [2.75, 3.05) is 0 Å². The highest BCUT2D eigenvalue weighted by molar-refractivity contribution is 4.13. The fourth-order valence-corrected chi connectivity index (χ4v) is 0. The van der Waals surface area contributed by atoms with Gasteiger partial charge in [-0.05, 0) is 0 Å². The second-order valence-corrected chi connectivity index (χ2v) is 7.66. The van der Waals surface area contributed by atoms with Crippen LogP contribution in [0.15, 0.2) is 0 Å². The lowest BCUT2D eigenvalue weighted by molar-refractivity contribution is 0.886. The minimum absolute atomic E-state index is 1.25. The van der Waals surface area contributed by atoms with Crippen molar-refractivity contribution >= 4 is 0 Å². The number of rotatable bonds is 2. The average Bonchev–Trinajstić information content (AvgIpc) is 3.46. The normalized spacial score (nSPS) is 4.59. The molecule has 464 valence electrons. The molecule has 0 rings (SSSR count). The van der Waals surface area contributed by atoms with Crippen LogP contribution in [0.3, 0.4) is 0 Å². The molecule has 68 heavy (non-hydrogen) atoms. The van der Waals surface area contributed by atoms with Gasteiger partial charge in [0.05, 0.1) is 0 Å². The van der Waals surface area contributed by atoms with Gasteiger partial charge in [-0.3, -0.25) is 0 Å². The van der Waals surface area contributed by atoms with E-state index in [0.29, 0.717) is 0 Å². The molecule has 0 heterocycles. The Balaban J connectivity index is -0.00000000943. The Morgan fingerprint density at radius 2 is 0.103 bits per heavy atom. The number of hydrogen-bond acceptors (Lipinski definition) is 0. The van der Waals surface area contributed by atoms with Crippen LogP contribution >= 0.6 is 0 Å². The second-order valence-electron chi connectivity index (χ2n) is 7.66. The van der Waals surface area contributed by atoms with Crippen molar-refractivity contribution in [3.8, 4) is 0 Å². The molecule has 0 unspecified atom stereocenters. The van der Waals surface area contributed by atoms with Gasteiger partial charge in [0, 0.05) is 0 Å². The van der Waals surface area contributed by atoms with Crippen molar-refractivity contribution in [3.05, 3.63) is 0 Å². The third-order valence-electron chi connectivity index (χ3n) is 1.000. The molecule has 0 saturated heterocycles. The minimum Gasteiger partial charge on any atom is -0.0683 e. The minimum atomic E-state index is 1.25. The maximum atomic E-state index is 2.18. The molecule has 0 spiro atoms. The highest BCUT2D eigenvalue weighted by Crippen LogP contribution is 1.77. The maximum absolute atomic E-state index is 2.18. The molecule has 0 aliphatic rings. The van der Waals surface area contributed by atoms with Crippen molar-refractivity contribution in [2.24, 2.45) is 0 Å². The predicted octanol–water partition coefficient (Wildman–Crippen LogP) is 33.4. The molecule has 0 aliphatic carbocycles. The number of hydrogen-bond donors (Lipinski definition) is 0. The van der Waals surface area contributed by atoms with E-state index in [1.54, 1.807) is 0 Å². The summed E-state index contributed by atoms with van der Waals surface area (Å²) in [5, 5.41) is 0. The van der Waals surface area contributed by atoms with E-state index >= 15 is 0 Å². The highest BCUT2D eigenvalue weighted by Gasteiger charge is 1.57. The SMILES string of the molecule is CC.CC.CC.CC.CC.CC.CC.CC.CC.CC.CC.CC.CC.CC.CC.CC.CC.CC.CCC.CCC.CCC.CCC.CCC.CCC.CCC.CCC.CCCC.CCCC. The molecule has 0 radical (unpaired) electrons. The molecule has 0 nitrogen and oxygen atoms in total. The number of unbranched alkanes of at least 4 members (excludes halogenated alkanes) is 2. The molecule has 0 aliphatic heterocycles. The van der Waals surface area contributed by atoms with Crippen molar-refractivity contribution in [3.63, 3.8) is 0 Å². The van der Waals surface area contributed by atoms with Gasteiger partial charge in [0.2, 0.25) is 0 Å². The van der Waals surface area contributed by atoms with Crippen LogP contribution in [-0.4, -0.2) is 0 Å². The van der Waals surface area contributed by atoms with E-state index < -0.39 is 0 Å². The van der Waals surface area contributed by atoms with Crippen molar-refractivity contribution in [1.82, 2.24) is 0 Å². The lowest BCUT2D eigenvalue weighted by atomic mass is 10.4. The van der Waals surface area contributed by atoms with E-state index in [-0.39, 0.29) is 0 Å². The zero-order chi connectivity index (χ0) is 64.5. The summed E-state index contributed by atoms with van der Waals surface area (Å²) in [6.07, 6.45) is 15.3. The molecular formula is C68H192. The van der Waals surface area contributed by atoms with Gasteiger partial charge in [0.1, 0.15) is 0 Å². The first-order valence-corrected chi connectivity index (χ1v) is 33.1. The molecule has 0 bridgehead atoms. The molecule has 0 heteroatoms. The van der Waals surface area contributed by atoms with E-state index in [4.69, 9.17) is 0 Å². The summed E-state index contributed by atoms with van der Waals surface area (Å²) in [6.45, 7) is 115. The Bertz CT molecular complexity index is 54.0. The van der Waals surface area contributed by atoms with Crippen molar-refractivity contribution in [1.29, 1.82) is 0 Å². The zero-order valence-electron chi connectivity index (χ0n) is 64.5. The van der Waals surface area contributed by atoms with Crippen LogP contribution in [0.1, 0.15) is 465 Å². The van der Waals surface area contributed by atoms with Gasteiger partial charge in [0.15, 0.2) is 0 Å². The molecule has 0 aromatic heterocycles. The van der Waals surface area contributed by atoms with Crippen LogP contribution in [0.25, 0.3) is 0 Å². The molecule has 0 aromatic carbocycles. The van der Waals surface area contributed by atoms with Gasteiger partial charge in [-0.15, -0.1) is 0 Å². The monoisotopic (exact) mass is 1010 g/mol. The van der Waals surface area contributed by atoms with Gasteiger partial charge < -0.3 is 0 Å². The van der Waals surface area contributed by atoms with Crippen LogP contribution in [0, 0.1) is 0 Å². The topological polar surface area (TPSA) is 0 Å². The van der Waals surface area contributed by atoms with Gasteiger partial charge in [-0.2, -0.15) is 0 Å². The van der Waals surface area contributed by atoms with E-state index in [1.807, 2.05) is 249 Å². The Morgan fingerprint density at radius 1 is 0.0882 bits per heavy atom. The quantitative estimate of drug-likeness (QED) is 0.259. The molecule has 0 saturated carbocycles. The van der Waals surface area contributed by atoms with Crippen molar-refractivity contribution < 1.29 is 0 Å². The average molecular weight is 1010 g/mol. The summed E-state index contributed by atoms with van der Waals surface area (Å²) in [7, 11) is 0. The van der Waals surface area contributed by atoms with Gasteiger partial charge in [-0.1, -0.05) is 465 Å². The molecule has 0 N–H and O–H groups in total. The van der Waals surface area contributed by atoms with E-state index in [9.17, 15) is 0 Å². The fraction of sp³-hybridized carbons (Fsp3) is 1.00. The molecule has 0 atom stereocenters. The Kier molecular flexibility index (Phi) is 5690. The second kappa shape index (κ2) is 2030. The summed E-state index contributed by atoms with van der Waals surface area (Å²) >= 11 is 0. The first-order chi connectivity index (χ1) is 33.1. The lowest BCUT2D eigenvalue weighted by Gasteiger charge is -1.68. The first kappa shape index (κ1) is 191. The van der Waals surface area contributed by atoms with E-state index in [1.165, 1.54) is 77.0 Å². The van der Waals surface area contributed by atoms with Gasteiger partial charge in [0.25, 0.3) is 0 Å². The Hall–Kier alpha value is 0.